The highest BCUT2D eigenvalue weighted by molar-refractivity contribution is 6.37. The molecule has 0 bridgehead atoms. The third-order valence-corrected chi connectivity index (χ3v) is 1.98. The zero-order valence-corrected chi connectivity index (χ0v) is 8.04. The number of ether oxygens (including phenoxy) is 2. The summed E-state index contributed by atoms with van der Waals surface area (Å²) in [6, 6.07) is 0. The van der Waals surface area contributed by atoms with Crippen molar-refractivity contribution < 1.29 is 19.1 Å². The van der Waals surface area contributed by atoms with Crippen molar-refractivity contribution in [1.29, 1.82) is 5.41 Å². The fourth-order valence-electron chi connectivity index (χ4n) is 1.04. The Morgan fingerprint density at radius 1 is 1.50 bits per heavy atom. The first-order chi connectivity index (χ1) is 6.65. The maximum Gasteiger partial charge on any atom is 0.374 e. The van der Waals surface area contributed by atoms with Gasteiger partial charge < -0.3 is 14.9 Å². The molecule has 1 saturated heterocycles. The molecule has 0 aromatic rings. The number of hydrogen-bond acceptors (Lipinski definition) is 5. The summed E-state index contributed by atoms with van der Waals surface area (Å²) in [5.74, 6) is -1.49. The van der Waals surface area contributed by atoms with Crippen molar-refractivity contribution in [2.24, 2.45) is 5.92 Å². The van der Waals surface area contributed by atoms with Gasteiger partial charge >= 0.3 is 5.97 Å². The van der Waals surface area contributed by atoms with Gasteiger partial charge in [0.05, 0.1) is 26.2 Å². The van der Waals surface area contributed by atoms with E-state index in [1.54, 1.807) is 6.92 Å². The van der Waals surface area contributed by atoms with E-state index in [1.807, 2.05) is 0 Å². The molecule has 1 rings (SSSR count). The number of nitrogens with one attached hydrogen (secondary N) is 1. The summed E-state index contributed by atoms with van der Waals surface area (Å²) in [7, 11) is 0. The van der Waals surface area contributed by atoms with E-state index in [9.17, 15) is 9.59 Å². The lowest BCUT2D eigenvalue weighted by Crippen LogP contribution is -2.36. The number of Topliss-reactive ketones (excluding diaryl/α,β-unsaturated/α-hetero) is 1. The molecule has 1 N–H and O–H groups in total. The second-order valence-corrected chi connectivity index (χ2v) is 3.08. The molecule has 0 aromatic carbocycles. The van der Waals surface area contributed by atoms with E-state index in [1.165, 1.54) is 0 Å². The molecule has 0 aliphatic carbocycles. The maximum atomic E-state index is 11.1. The van der Waals surface area contributed by atoms with Crippen LogP contribution in [0.15, 0.2) is 0 Å². The molecule has 14 heavy (non-hydrogen) atoms. The highest BCUT2D eigenvalue weighted by Gasteiger charge is 2.27. The normalized spacial score (nSPS) is 15.8. The summed E-state index contributed by atoms with van der Waals surface area (Å²) in [6.07, 6.45) is -0.146. The molecule has 1 fully saturated rings. The highest BCUT2D eigenvalue weighted by Crippen LogP contribution is 2.13. The third-order valence-electron chi connectivity index (χ3n) is 1.98. The molecule has 1 heterocycles. The van der Waals surface area contributed by atoms with Crippen LogP contribution < -0.4 is 0 Å². The summed E-state index contributed by atoms with van der Waals surface area (Å²) in [5.41, 5.74) is 0.259. The van der Waals surface area contributed by atoms with Crippen molar-refractivity contribution in [3.63, 3.8) is 0 Å². The first kappa shape index (κ1) is 10.8. The van der Waals surface area contributed by atoms with Gasteiger partial charge in [-0.2, -0.15) is 0 Å². The molecule has 0 saturated carbocycles. The fourth-order valence-corrected chi connectivity index (χ4v) is 1.04. The zero-order valence-electron chi connectivity index (χ0n) is 8.04. The molecule has 0 amide bonds. The van der Waals surface area contributed by atoms with Crippen LogP contribution in [0.2, 0.25) is 0 Å². The Hall–Kier alpha value is -1.23. The minimum atomic E-state index is -0.850. The Kier molecular flexibility index (Phi) is 3.76. The van der Waals surface area contributed by atoms with Gasteiger partial charge in [-0.05, 0) is 6.92 Å². The van der Waals surface area contributed by atoms with Gasteiger partial charge in [-0.15, -0.1) is 0 Å². The Morgan fingerprint density at radius 3 is 2.57 bits per heavy atom. The Morgan fingerprint density at radius 2 is 2.14 bits per heavy atom. The SMILES string of the molecule is CCOC(=O)C(=O)CC(=N)C1COC1. The topological polar surface area (TPSA) is 76.5 Å². The lowest BCUT2D eigenvalue weighted by atomic mass is 9.97. The first-order valence-electron chi connectivity index (χ1n) is 4.50. The van der Waals surface area contributed by atoms with Gasteiger partial charge in [0.15, 0.2) is 0 Å². The molecule has 0 radical (unpaired) electrons. The lowest BCUT2D eigenvalue weighted by Gasteiger charge is -2.26. The number of carbonyl (C=O) groups excluding carboxylic acids is 2. The maximum absolute atomic E-state index is 11.1. The van der Waals surface area contributed by atoms with E-state index in [2.05, 4.69) is 4.74 Å². The van der Waals surface area contributed by atoms with Crippen molar-refractivity contribution in [1.82, 2.24) is 0 Å². The first-order valence-corrected chi connectivity index (χ1v) is 4.50. The molecule has 5 nitrogen and oxygen atoms in total. The number of carbonyl (C=O) groups is 2. The smallest absolute Gasteiger partial charge is 0.374 e. The standard InChI is InChI=1S/C9H13NO4/c1-2-14-9(12)8(11)3-7(10)6-4-13-5-6/h6,10H,2-5H2,1H3. The second-order valence-electron chi connectivity index (χ2n) is 3.08. The van der Waals surface area contributed by atoms with E-state index in [0.29, 0.717) is 13.2 Å². The predicted octanol–water partition coefficient (Wildman–Crippen LogP) is 0.175. The average Bonchev–Trinajstić information content (AvgIpc) is 2.00. The van der Waals surface area contributed by atoms with Crippen LogP contribution in [0.5, 0.6) is 0 Å². The van der Waals surface area contributed by atoms with Crippen LogP contribution in [0.1, 0.15) is 13.3 Å². The van der Waals surface area contributed by atoms with E-state index in [0.717, 1.165) is 0 Å². The molecule has 0 aromatic heterocycles. The van der Waals surface area contributed by atoms with E-state index in [-0.39, 0.29) is 24.7 Å². The summed E-state index contributed by atoms with van der Waals surface area (Å²) in [5, 5.41) is 7.49. The molecule has 5 heteroatoms. The molecular formula is C9H13NO4. The number of hydrogen-bond donors (Lipinski definition) is 1. The second kappa shape index (κ2) is 4.85. The van der Waals surface area contributed by atoms with Crippen molar-refractivity contribution in [2.45, 2.75) is 13.3 Å². The summed E-state index contributed by atoms with van der Waals surface area (Å²) >= 11 is 0. The molecular weight excluding hydrogens is 186 g/mol. The van der Waals surface area contributed by atoms with E-state index >= 15 is 0 Å². The van der Waals surface area contributed by atoms with Crippen LogP contribution in [0, 0.1) is 11.3 Å². The number of esters is 1. The molecule has 1 aliphatic heterocycles. The van der Waals surface area contributed by atoms with Crippen LogP contribution >= 0.6 is 0 Å². The predicted molar refractivity (Wildman–Crippen MR) is 48.3 cm³/mol. The zero-order chi connectivity index (χ0) is 10.6. The van der Waals surface area contributed by atoms with Crippen LogP contribution in [0.25, 0.3) is 0 Å². The van der Waals surface area contributed by atoms with Gasteiger partial charge in [0.2, 0.25) is 5.78 Å². The van der Waals surface area contributed by atoms with Gasteiger partial charge in [0.25, 0.3) is 0 Å². The molecule has 0 atom stereocenters. The van der Waals surface area contributed by atoms with Crippen LogP contribution in [-0.2, 0) is 19.1 Å². The summed E-state index contributed by atoms with van der Waals surface area (Å²) in [6.45, 7) is 2.78. The highest BCUT2D eigenvalue weighted by atomic mass is 16.5. The van der Waals surface area contributed by atoms with Gasteiger partial charge in [0, 0.05) is 11.6 Å². The van der Waals surface area contributed by atoms with Gasteiger partial charge in [-0.3, -0.25) is 4.79 Å². The van der Waals surface area contributed by atoms with Crippen LogP contribution in [-0.4, -0.2) is 37.3 Å². The average molecular weight is 199 g/mol. The molecule has 0 unspecified atom stereocenters. The minimum absolute atomic E-state index is 0.00776. The fraction of sp³-hybridized carbons (Fsp3) is 0.667. The van der Waals surface area contributed by atoms with E-state index < -0.39 is 11.8 Å². The minimum Gasteiger partial charge on any atom is -0.460 e. The Bertz CT molecular complexity index is 258. The number of rotatable bonds is 5. The van der Waals surface area contributed by atoms with Crippen molar-refractivity contribution in [3.05, 3.63) is 0 Å². The lowest BCUT2D eigenvalue weighted by molar-refractivity contribution is -0.153. The van der Waals surface area contributed by atoms with Gasteiger partial charge in [-0.25, -0.2) is 4.79 Å². The van der Waals surface area contributed by atoms with E-state index in [4.69, 9.17) is 10.1 Å². The third kappa shape index (κ3) is 2.63. The summed E-state index contributed by atoms with van der Waals surface area (Å²) < 4.78 is 9.40. The Balaban J connectivity index is 2.31. The van der Waals surface area contributed by atoms with Crippen LogP contribution in [0.3, 0.4) is 0 Å². The monoisotopic (exact) mass is 199 g/mol. The molecule has 0 spiro atoms. The van der Waals surface area contributed by atoms with Crippen molar-refractivity contribution in [2.75, 3.05) is 19.8 Å². The van der Waals surface area contributed by atoms with Gasteiger partial charge in [-0.1, -0.05) is 0 Å². The molecule has 78 valence electrons. The number of ketones is 1. The molecule has 1 aliphatic rings. The Labute approximate surface area is 81.9 Å². The largest absolute Gasteiger partial charge is 0.460 e. The van der Waals surface area contributed by atoms with Gasteiger partial charge in [0.1, 0.15) is 0 Å². The quantitative estimate of drug-likeness (QED) is 0.389. The van der Waals surface area contributed by atoms with Crippen molar-refractivity contribution in [3.8, 4) is 0 Å². The summed E-state index contributed by atoms with van der Waals surface area (Å²) in [4.78, 5) is 22.0. The van der Waals surface area contributed by atoms with Crippen molar-refractivity contribution >= 4 is 17.5 Å². The van der Waals surface area contributed by atoms with Crippen LogP contribution in [0.4, 0.5) is 0 Å².